The molecule has 1 heterocycles. The molecule has 0 aliphatic heterocycles. The minimum Gasteiger partial charge on any atom is -0.494 e. The summed E-state index contributed by atoms with van der Waals surface area (Å²) >= 11 is 0. The summed E-state index contributed by atoms with van der Waals surface area (Å²) in [5, 5.41) is 0. The Bertz CT molecular complexity index is 1580. The predicted molar refractivity (Wildman–Crippen MR) is 195 cm³/mol. The van der Waals surface area contributed by atoms with Crippen LogP contribution in [0.1, 0.15) is 91.1 Å². The topological polar surface area (TPSA) is 78.2 Å². The highest BCUT2D eigenvalue weighted by atomic mass is 16.5. The van der Waals surface area contributed by atoms with E-state index in [1.165, 1.54) is 25.7 Å². The number of aromatic nitrogens is 1. The molecule has 0 amide bonds. The van der Waals surface area contributed by atoms with Gasteiger partial charge in [0.1, 0.15) is 29.6 Å². The Morgan fingerprint density at radius 1 is 0.612 bits per heavy atom. The zero-order valence-electron chi connectivity index (χ0n) is 30.3. The highest BCUT2D eigenvalue weighted by Crippen LogP contribution is 2.30. The first-order chi connectivity index (χ1) is 23.7. The Kier molecular flexibility index (Phi) is 16.1. The number of nitrogens with zero attached hydrogens (tertiary/aromatic N) is 2. The molecular formula is C41H53N2O6+. The average molecular weight is 670 g/mol. The van der Waals surface area contributed by atoms with Crippen molar-refractivity contribution in [2.45, 2.75) is 79.7 Å². The largest absolute Gasteiger partial charge is 0.494 e. The molecule has 0 bridgehead atoms. The summed E-state index contributed by atoms with van der Waals surface area (Å²) in [4.78, 5) is 27.8. The quantitative estimate of drug-likeness (QED) is 0.0481. The Hall–Kier alpha value is -4.85. The Morgan fingerprint density at radius 2 is 1.06 bits per heavy atom. The first-order valence-electron chi connectivity index (χ1n) is 17.4. The lowest BCUT2D eigenvalue weighted by molar-refractivity contribution is -0.697. The highest BCUT2D eigenvalue weighted by Gasteiger charge is 2.17. The van der Waals surface area contributed by atoms with Gasteiger partial charge in [-0.1, -0.05) is 52.9 Å². The third-order valence-corrected chi connectivity index (χ3v) is 8.05. The van der Waals surface area contributed by atoms with Crippen LogP contribution in [0.3, 0.4) is 0 Å². The van der Waals surface area contributed by atoms with Gasteiger partial charge in [-0.05, 0) is 92.1 Å². The van der Waals surface area contributed by atoms with Crippen LogP contribution in [0.5, 0.6) is 23.0 Å². The number of pyridine rings is 1. The van der Waals surface area contributed by atoms with Gasteiger partial charge in [-0.2, -0.15) is 0 Å². The molecule has 0 radical (unpaired) electrons. The van der Waals surface area contributed by atoms with Crippen molar-refractivity contribution in [2.75, 3.05) is 32.2 Å². The van der Waals surface area contributed by atoms with Crippen molar-refractivity contribution in [1.82, 2.24) is 0 Å². The van der Waals surface area contributed by atoms with Crippen LogP contribution in [-0.4, -0.2) is 39.2 Å². The van der Waals surface area contributed by atoms with Crippen LogP contribution in [0, 0.1) is 13.8 Å². The SMILES string of the molecule is CC.CCCCCCCCOc1ccc(C(=O)Oc2ccc(OC(=O)c3ccc(OCC[n+]4ccc(N(C)C)cc4)cc3)c(C)c2C)cc1. The first-order valence-corrected chi connectivity index (χ1v) is 17.4. The van der Waals surface area contributed by atoms with Crippen molar-refractivity contribution in [2.24, 2.45) is 0 Å². The highest BCUT2D eigenvalue weighted by molar-refractivity contribution is 5.92. The normalized spacial score (nSPS) is 10.4. The van der Waals surface area contributed by atoms with Crippen molar-refractivity contribution in [1.29, 1.82) is 0 Å². The number of carbonyl (C=O) groups excluding carboxylic acids is 2. The molecular weight excluding hydrogens is 616 g/mol. The zero-order valence-corrected chi connectivity index (χ0v) is 30.3. The molecule has 4 rings (SSSR count). The van der Waals surface area contributed by atoms with Gasteiger partial charge in [0.05, 0.1) is 17.7 Å². The summed E-state index contributed by atoms with van der Waals surface area (Å²) in [5.74, 6) is 1.25. The van der Waals surface area contributed by atoms with Gasteiger partial charge in [0, 0.05) is 31.9 Å². The number of carbonyl (C=O) groups is 2. The van der Waals surface area contributed by atoms with Gasteiger partial charge in [0.25, 0.3) is 0 Å². The summed E-state index contributed by atoms with van der Waals surface area (Å²) in [6.45, 7) is 11.7. The van der Waals surface area contributed by atoms with E-state index in [1.807, 2.05) is 54.2 Å². The molecule has 0 aliphatic carbocycles. The number of hydrogen-bond donors (Lipinski definition) is 0. The maximum absolute atomic E-state index is 12.9. The number of rotatable bonds is 17. The van der Waals surface area contributed by atoms with E-state index in [0.717, 1.165) is 24.3 Å². The molecule has 4 aromatic rings. The molecule has 0 fully saturated rings. The summed E-state index contributed by atoms with van der Waals surface area (Å²) < 4.78 is 25.1. The summed E-state index contributed by atoms with van der Waals surface area (Å²) in [6.07, 6.45) is 11.3. The second kappa shape index (κ2) is 20.5. The third-order valence-electron chi connectivity index (χ3n) is 8.05. The molecule has 0 aliphatic rings. The molecule has 262 valence electrons. The Labute approximate surface area is 292 Å². The second-order valence-electron chi connectivity index (χ2n) is 11.8. The van der Waals surface area contributed by atoms with E-state index < -0.39 is 11.9 Å². The van der Waals surface area contributed by atoms with E-state index in [-0.39, 0.29) is 0 Å². The molecule has 1 aromatic heterocycles. The fourth-order valence-corrected chi connectivity index (χ4v) is 4.92. The Morgan fingerprint density at radius 3 is 1.53 bits per heavy atom. The van der Waals surface area contributed by atoms with E-state index in [0.29, 0.717) is 59.3 Å². The van der Waals surface area contributed by atoms with Gasteiger partial charge in [-0.25, -0.2) is 14.2 Å². The number of anilines is 1. The fourth-order valence-electron chi connectivity index (χ4n) is 4.92. The van der Waals surface area contributed by atoms with E-state index >= 15 is 0 Å². The molecule has 0 saturated heterocycles. The number of unbranched alkanes of at least 4 members (excludes halogenated alkanes) is 5. The lowest BCUT2D eigenvalue weighted by Gasteiger charge is -2.14. The lowest BCUT2D eigenvalue weighted by Crippen LogP contribution is -2.35. The number of esters is 2. The van der Waals surface area contributed by atoms with Gasteiger partial charge < -0.3 is 23.8 Å². The average Bonchev–Trinajstić information content (AvgIpc) is 3.12. The van der Waals surface area contributed by atoms with Crippen LogP contribution in [0.15, 0.2) is 85.2 Å². The standard InChI is InChI=1S/C39H47N2O6.C2H6/c1-6-7-8-9-10-11-27-44-34-16-12-31(13-17-34)38(42)46-36-20-21-37(30(3)29(36)2)47-39(43)32-14-18-35(19-15-32)45-28-26-41-24-22-33(23-25-41)40(4)5;1-2/h12-25H,6-11,26-28H2,1-5H3;1-2H3/q+1;. The van der Waals surface area contributed by atoms with Crippen LogP contribution in [0.4, 0.5) is 5.69 Å². The van der Waals surface area contributed by atoms with E-state index in [4.69, 9.17) is 18.9 Å². The molecule has 0 atom stereocenters. The lowest BCUT2D eigenvalue weighted by atomic mass is 10.1. The van der Waals surface area contributed by atoms with Gasteiger partial charge in [0.2, 0.25) is 0 Å². The molecule has 3 aromatic carbocycles. The van der Waals surface area contributed by atoms with Crippen LogP contribution < -0.4 is 28.4 Å². The monoisotopic (exact) mass is 669 g/mol. The second-order valence-corrected chi connectivity index (χ2v) is 11.8. The molecule has 0 unspecified atom stereocenters. The van der Waals surface area contributed by atoms with E-state index in [2.05, 4.69) is 28.5 Å². The van der Waals surface area contributed by atoms with Crippen molar-refractivity contribution >= 4 is 17.6 Å². The third kappa shape index (κ3) is 12.3. The molecule has 49 heavy (non-hydrogen) atoms. The number of ether oxygens (including phenoxy) is 4. The first kappa shape index (κ1) is 38.6. The van der Waals surface area contributed by atoms with Gasteiger partial charge in [0.15, 0.2) is 18.9 Å². The van der Waals surface area contributed by atoms with Gasteiger partial charge in [-0.15, -0.1) is 0 Å². The van der Waals surface area contributed by atoms with E-state index in [9.17, 15) is 9.59 Å². The van der Waals surface area contributed by atoms with Crippen LogP contribution in [0.25, 0.3) is 0 Å². The Balaban J connectivity index is 0.00000319. The zero-order chi connectivity index (χ0) is 35.6. The maximum atomic E-state index is 12.9. The van der Waals surface area contributed by atoms with Crippen LogP contribution >= 0.6 is 0 Å². The number of hydrogen-bond acceptors (Lipinski definition) is 7. The summed E-state index contributed by atoms with van der Waals surface area (Å²) in [6, 6.07) is 21.2. The summed E-state index contributed by atoms with van der Waals surface area (Å²) in [7, 11) is 4.02. The molecule has 0 spiro atoms. The maximum Gasteiger partial charge on any atom is 0.343 e. The predicted octanol–water partition coefficient (Wildman–Crippen LogP) is 8.94. The minimum atomic E-state index is -0.487. The van der Waals surface area contributed by atoms with E-state index in [1.54, 1.807) is 60.7 Å². The van der Waals surface area contributed by atoms with Crippen molar-refractivity contribution in [3.8, 4) is 23.0 Å². The smallest absolute Gasteiger partial charge is 0.343 e. The molecule has 8 heteroatoms. The molecule has 0 N–H and O–H groups in total. The van der Waals surface area contributed by atoms with Crippen molar-refractivity contribution in [3.63, 3.8) is 0 Å². The van der Waals surface area contributed by atoms with Gasteiger partial charge in [-0.3, -0.25) is 0 Å². The van der Waals surface area contributed by atoms with Crippen LogP contribution in [-0.2, 0) is 6.54 Å². The number of benzene rings is 3. The fraction of sp³-hybridized carbons (Fsp3) is 0.390. The summed E-state index contributed by atoms with van der Waals surface area (Å²) in [5.41, 5.74) is 3.38. The van der Waals surface area contributed by atoms with Crippen molar-refractivity contribution < 1.29 is 33.1 Å². The van der Waals surface area contributed by atoms with Crippen molar-refractivity contribution in [3.05, 3.63) is 107 Å². The molecule has 0 saturated carbocycles. The molecule has 8 nitrogen and oxygen atoms in total. The minimum absolute atomic E-state index is 0.400. The van der Waals surface area contributed by atoms with Crippen LogP contribution in [0.2, 0.25) is 0 Å². The van der Waals surface area contributed by atoms with Gasteiger partial charge >= 0.3 is 11.9 Å².